The van der Waals surface area contributed by atoms with Gasteiger partial charge in [0, 0.05) is 6.04 Å². The largest absolute Gasteiger partial charge is 0.388 e. The Bertz CT molecular complexity index is 189. The van der Waals surface area contributed by atoms with Crippen molar-refractivity contribution >= 4 is 0 Å². The van der Waals surface area contributed by atoms with Crippen LogP contribution in [-0.2, 0) is 0 Å². The number of hydrogen-bond acceptors (Lipinski definition) is 2. The van der Waals surface area contributed by atoms with Gasteiger partial charge in [-0.1, -0.05) is 26.2 Å². The van der Waals surface area contributed by atoms with Crippen molar-refractivity contribution < 1.29 is 5.11 Å². The molecular formula is C12H23NO. The maximum Gasteiger partial charge on any atom is 0.0802 e. The van der Waals surface area contributed by atoms with Gasteiger partial charge in [-0.3, -0.25) is 0 Å². The fraction of sp³-hybridized carbons (Fsp3) is 1.00. The standard InChI is InChI=1S/C12H23NO/c1-10-5-4-7-12(14,9-10)11-6-2-3-8-13-11/h10-11,13-14H,2-9H2,1H3. The second kappa shape index (κ2) is 4.19. The van der Waals surface area contributed by atoms with Gasteiger partial charge in [0.1, 0.15) is 0 Å². The number of hydrogen-bond donors (Lipinski definition) is 2. The van der Waals surface area contributed by atoms with Gasteiger partial charge in [-0.05, 0) is 38.1 Å². The molecule has 1 aliphatic carbocycles. The first kappa shape index (κ1) is 10.4. The van der Waals surface area contributed by atoms with Crippen LogP contribution in [0.2, 0.25) is 0 Å². The number of piperidine rings is 1. The van der Waals surface area contributed by atoms with E-state index in [2.05, 4.69) is 12.2 Å². The molecule has 2 heteroatoms. The van der Waals surface area contributed by atoms with E-state index in [1.54, 1.807) is 0 Å². The minimum Gasteiger partial charge on any atom is -0.388 e. The number of aliphatic hydroxyl groups is 1. The zero-order valence-electron chi connectivity index (χ0n) is 9.26. The van der Waals surface area contributed by atoms with E-state index in [0.29, 0.717) is 12.0 Å². The highest BCUT2D eigenvalue weighted by Gasteiger charge is 2.40. The molecule has 1 aliphatic heterocycles. The fourth-order valence-corrected chi connectivity index (χ4v) is 3.19. The molecule has 2 fully saturated rings. The summed E-state index contributed by atoms with van der Waals surface area (Å²) in [6.45, 7) is 3.37. The lowest BCUT2D eigenvalue weighted by molar-refractivity contribution is -0.0511. The van der Waals surface area contributed by atoms with E-state index in [-0.39, 0.29) is 0 Å². The molecule has 0 spiro atoms. The Balaban J connectivity index is 1.98. The molecule has 0 aromatic rings. The normalized spacial score (nSPS) is 45.0. The molecule has 2 aliphatic rings. The van der Waals surface area contributed by atoms with Crippen molar-refractivity contribution in [3.63, 3.8) is 0 Å². The van der Waals surface area contributed by atoms with Crippen molar-refractivity contribution in [2.45, 2.75) is 63.5 Å². The van der Waals surface area contributed by atoms with Crippen LogP contribution in [-0.4, -0.2) is 23.3 Å². The molecule has 0 amide bonds. The minimum atomic E-state index is -0.391. The summed E-state index contributed by atoms with van der Waals surface area (Å²) in [5.41, 5.74) is -0.391. The van der Waals surface area contributed by atoms with Crippen molar-refractivity contribution in [2.24, 2.45) is 5.92 Å². The third-order valence-corrected chi connectivity index (χ3v) is 3.97. The van der Waals surface area contributed by atoms with Gasteiger partial charge in [-0.15, -0.1) is 0 Å². The van der Waals surface area contributed by atoms with Gasteiger partial charge in [0.15, 0.2) is 0 Å². The SMILES string of the molecule is CC1CCCC(O)(C2CCCCN2)C1. The first-order valence-corrected chi connectivity index (χ1v) is 6.16. The Morgan fingerprint density at radius 1 is 1.21 bits per heavy atom. The van der Waals surface area contributed by atoms with Crippen LogP contribution >= 0.6 is 0 Å². The summed E-state index contributed by atoms with van der Waals surface area (Å²) in [6, 6.07) is 0.374. The first-order valence-electron chi connectivity index (χ1n) is 6.16. The van der Waals surface area contributed by atoms with Crippen LogP contribution in [0.1, 0.15) is 51.9 Å². The van der Waals surface area contributed by atoms with E-state index in [4.69, 9.17) is 0 Å². The summed E-state index contributed by atoms with van der Waals surface area (Å²) in [7, 11) is 0. The van der Waals surface area contributed by atoms with Gasteiger partial charge in [0.05, 0.1) is 5.60 Å². The van der Waals surface area contributed by atoms with E-state index in [0.717, 1.165) is 19.4 Å². The lowest BCUT2D eigenvalue weighted by Crippen LogP contribution is -2.54. The van der Waals surface area contributed by atoms with Gasteiger partial charge in [-0.25, -0.2) is 0 Å². The molecule has 0 aromatic carbocycles. The van der Waals surface area contributed by atoms with Crippen molar-refractivity contribution in [2.75, 3.05) is 6.54 Å². The highest BCUT2D eigenvalue weighted by Crippen LogP contribution is 2.36. The fourth-order valence-electron chi connectivity index (χ4n) is 3.19. The predicted molar refractivity (Wildman–Crippen MR) is 58.2 cm³/mol. The maximum absolute atomic E-state index is 10.6. The zero-order valence-corrected chi connectivity index (χ0v) is 9.26. The van der Waals surface area contributed by atoms with Gasteiger partial charge in [0.2, 0.25) is 0 Å². The highest BCUT2D eigenvalue weighted by atomic mass is 16.3. The molecule has 3 unspecified atom stereocenters. The molecule has 1 saturated heterocycles. The summed E-state index contributed by atoms with van der Waals surface area (Å²) in [4.78, 5) is 0. The van der Waals surface area contributed by atoms with E-state index >= 15 is 0 Å². The molecule has 0 radical (unpaired) electrons. The second-order valence-electron chi connectivity index (χ2n) is 5.31. The van der Waals surface area contributed by atoms with E-state index in [1.807, 2.05) is 0 Å². The Morgan fingerprint density at radius 2 is 2.07 bits per heavy atom. The van der Waals surface area contributed by atoms with Crippen molar-refractivity contribution in [1.29, 1.82) is 0 Å². The molecule has 2 rings (SSSR count). The average Bonchev–Trinajstić information content (AvgIpc) is 2.19. The molecule has 0 aromatic heterocycles. The van der Waals surface area contributed by atoms with E-state index in [9.17, 15) is 5.11 Å². The summed E-state index contributed by atoms with van der Waals surface area (Å²) in [5, 5.41) is 14.1. The minimum absolute atomic E-state index is 0.374. The Hall–Kier alpha value is -0.0800. The molecule has 3 atom stereocenters. The van der Waals surface area contributed by atoms with Crippen LogP contribution in [0.3, 0.4) is 0 Å². The highest BCUT2D eigenvalue weighted by molar-refractivity contribution is 4.96. The van der Waals surface area contributed by atoms with Crippen LogP contribution in [0.5, 0.6) is 0 Å². The molecule has 0 bridgehead atoms. The molecule has 1 saturated carbocycles. The second-order valence-corrected chi connectivity index (χ2v) is 5.31. The summed E-state index contributed by atoms with van der Waals surface area (Å²) >= 11 is 0. The van der Waals surface area contributed by atoms with Gasteiger partial charge in [0.25, 0.3) is 0 Å². The topological polar surface area (TPSA) is 32.3 Å². The number of rotatable bonds is 1. The third-order valence-electron chi connectivity index (χ3n) is 3.97. The first-order chi connectivity index (χ1) is 6.71. The molecule has 1 heterocycles. The van der Waals surface area contributed by atoms with Crippen molar-refractivity contribution in [3.05, 3.63) is 0 Å². The van der Waals surface area contributed by atoms with Gasteiger partial charge in [-0.2, -0.15) is 0 Å². The lowest BCUT2D eigenvalue weighted by Gasteiger charge is -2.43. The molecule has 2 N–H and O–H groups in total. The summed E-state index contributed by atoms with van der Waals surface area (Å²) in [6.07, 6.45) is 8.25. The average molecular weight is 197 g/mol. The van der Waals surface area contributed by atoms with Crippen LogP contribution in [0.25, 0.3) is 0 Å². The summed E-state index contributed by atoms with van der Waals surface area (Å²) < 4.78 is 0. The van der Waals surface area contributed by atoms with E-state index < -0.39 is 5.60 Å². The molecule has 2 nitrogen and oxygen atoms in total. The van der Waals surface area contributed by atoms with E-state index in [1.165, 1.54) is 32.1 Å². The van der Waals surface area contributed by atoms with Gasteiger partial charge >= 0.3 is 0 Å². The smallest absolute Gasteiger partial charge is 0.0802 e. The molecule has 14 heavy (non-hydrogen) atoms. The Labute approximate surface area is 87.1 Å². The van der Waals surface area contributed by atoms with Crippen LogP contribution in [0, 0.1) is 5.92 Å². The quantitative estimate of drug-likeness (QED) is 0.674. The molecular weight excluding hydrogens is 174 g/mol. The predicted octanol–water partition coefficient (Wildman–Crippen LogP) is 2.07. The number of nitrogens with one attached hydrogen (secondary N) is 1. The zero-order chi connectivity index (χ0) is 10.0. The van der Waals surface area contributed by atoms with Crippen molar-refractivity contribution in [1.82, 2.24) is 5.32 Å². The lowest BCUT2D eigenvalue weighted by atomic mass is 9.73. The Morgan fingerprint density at radius 3 is 2.71 bits per heavy atom. The maximum atomic E-state index is 10.6. The Kier molecular flexibility index (Phi) is 3.13. The third kappa shape index (κ3) is 2.12. The van der Waals surface area contributed by atoms with Crippen molar-refractivity contribution in [3.8, 4) is 0 Å². The van der Waals surface area contributed by atoms with Gasteiger partial charge < -0.3 is 10.4 Å². The van der Waals surface area contributed by atoms with Crippen LogP contribution in [0.15, 0.2) is 0 Å². The summed E-state index contributed by atoms with van der Waals surface area (Å²) in [5.74, 6) is 0.706. The monoisotopic (exact) mass is 197 g/mol. The van der Waals surface area contributed by atoms with Crippen LogP contribution in [0.4, 0.5) is 0 Å². The molecule has 82 valence electrons. The van der Waals surface area contributed by atoms with Crippen LogP contribution < -0.4 is 5.32 Å².